The van der Waals surface area contributed by atoms with E-state index in [2.05, 4.69) is 42.3 Å². The van der Waals surface area contributed by atoms with Gasteiger partial charge in [-0.15, -0.1) is 0 Å². The van der Waals surface area contributed by atoms with Crippen LogP contribution in [0.15, 0.2) is 65.7 Å². The van der Waals surface area contributed by atoms with Gasteiger partial charge in [0.1, 0.15) is 0 Å². The first-order valence-electron chi connectivity index (χ1n) is 10.4. The van der Waals surface area contributed by atoms with E-state index in [-0.39, 0.29) is 5.97 Å². The van der Waals surface area contributed by atoms with Crippen molar-refractivity contribution in [1.29, 1.82) is 0 Å². The smallest absolute Gasteiger partial charge is 0.337 e. The number of ether oxygens (including phenoxy) is 1. The van der Waals surface area contributed by atoms with Gasteiger partial charge in [-0.05, 0) is 61.1 Å². The van der Waals surface area contributed by atoms with Crippen molar-refractivity contribution < 1.29 is 9.53 Å². The van der Waals surface area contributed by atoms with Crippen LogP contribution >= 0.6 is 0 Å². The highest BCUT2D eigenvalue weighted by atomic mass is 16.5. The van der Waals surface area contributed by atoms with Gasteiger partial charge < -0.3 is 9.64 Å². The zero-order valence-corrected chi connectivity index (χ0v) is 17.3. The van der Waals surface area contributed by atoms with Crippen LogP contribution in [0.25, 0.3) is 0 Å². The molecular formula is C26H24N2O2. The first-order chi connectivity index (χ1) is 14.7. The number of hydrogen-bond donors (Lipinski definition) is 0. The third-order valence-electron chi connectivity index (χ3n) is 6.15. The van der Waals surface area contributed by atoms with Gasteiger partial charge in [-0.3, -0.25) is 0 Å². The van der Waals surface area contributed by atoms with Gasteiger partial charge >= 0.3 is 5.97 Å². The molecule has 0 saturated carbocycles. The van der Waals surface area contributed by atoms with Crippen molar-refractivity contribution in [3.63, 3.8) is 0 Å². The van der Waals surface area contributed by atoms with Crippen LogP contribution in [0.5, 0.6) is 0 Å². The second-order valence-corrected chi connectivity index (χ2v) is 7.88. The summed E-state index contributed by atoms with van der Waals surface area (Å²) < 4.78 is 4.84. The Morgan fingerprint density at radius 3 is 2.53 bits per heavy atom. The van der Waals surface area contributed by atoms with E-state index in [1.165, 1.54) is 36.8 Å². The zero-order valence-electron chi connectivity index (χ0n) is 17.3. The molecule has 30 heavy (non-hydrogen) atoms. The van der Waals surface area contributed by atoms with Crippen LogP contribution in [0, 0.1) is 0 Å². The van der Waals surface area contributed by atoms with E-state index in [1.807, 2.05) is 30.3 Å². The van der Waals surface area contributed by atoms with E-state index in [0.29, 0.717) is 5.56 Å². The van der Waals surface area contributed by atoms with Crippen LogP contribution in [0.1, 0.15) is 45.5 Å². The molecule has 0 radical (unpaired) electrons. The topological polar surface area (TPSA) is 41.9 Å². The number of aliphatic imine (C=N–C) groups is 1. The van der Waals surface area contributed by atoms with Crippen LogP contribution in [0.2, 0.25) is 0 Å². The van der Waals surface area contributed by atoms with Gasteiger partial charge in [-0.2, -0.15) is 0 Å². The lowest BCUT2D eigenvalue weighted by molar-refractivity contribution is 0.0600. The first kappa shape index (κ1) is 18.6. The number of esters is 1. The zero-order chi connectivity index (χ0) is 20.7. The SMILES string of the molecule is COC(=O)c1ccc(C2=Nc3ccccc3N(C)c3c2ccc2c3CCCC2)cc1. The van der Waals surface area contributed by atoms with E-state index in [9.17, 15) is 4.79 Å². The lowest BCUT2D eigenvalue weighted by Crippen LogP contribution is -2.18. The third kappa shape index (κ3) is 3.00. The fourth-order valence-corrected chi connectivity index (χ4v) is 4.63. The largest absolute Gasteiger partial charge is 0.465 e. The Kier molecular flexibility index (Phi) is 4.62. The molecule has 3 aromatic rings. The highest BCUT2D eigenvalue weighted by Gasteiger charge is 2.26. The molecule has 0 spiro atoms. The number of hydrogen-bond acceptors (Lipinski definition) is 4. The van der Waals surface area contributed by atoms with Crippen molar-refractivity contribution in [3.05, 3.63) is 88.5 Å². The highest BCUT2D eigenvalue weighted by Crippen LogP contribution is 2.43. The summed E-state index contributed by atoms with van der Waals surface area (Å²) in [6.45, 7) is 0. The third-order valence-corrected chi connectivity index (χ3v) is 6.15. The molecule has 1 aliphatic heterocycles. The number of anilines is 2. The Morgan fingerprint density at radius 2 is 1.73 bits per heavy atom. The van der Waals surface area contributed by atoms with Crippen LogP contribution < -0.4 is 4.90 Å². The second kappa shape index (κ2) is 7.45. The number of aryl methyl sites for hydroxylation is 1. The minimum absolute atomic E-state index is 0.330. The van der Waals surface area contributed by atoms with Crippen molar-refractivity contribution in [2.45, 2.75) is 25.7 Å². The maximum absolute atomic E-state index is 11.9. The monoisotopic (exact) mass is 396 g/mol. The summed E-state index contributed by atoms with van der Waals surface area (Å²) in [4.78, 5) is 19.3. The van der Waals surface area contributed by atoms with Gasteiger partial charge in [0.2, 0.25) is 0 Å². The number of para-hydroxylation sites is 2. The van der Waals surface area contributed by atoms with Gasteiger partial charge in [0.15, 0.2) is 0 Å². The van der Waals surface area contributed by atoms with E-state index in [4.69, 9.17) is 9.73 Å². The van der Waals surface area contributed by atoms with Crippen molar-refractivity contribution in [3.8, 4) is 0 Å². The van der Waals surface area contributed by atoms with Crippen LogP contribution in [-0.4, -0.2) is 25.8 Å². The summed E-state index contributed by atoms with van der Waals surface area (Å²) in [5.74, 6) is -0.330. The maximum Gasteiger partial charge on any atom is 0.337 e. The summed E-state index contributed by atoms with van der Waals surface area (Å²) in [6, 6.07) is 20.3. The molecule has 4 nitrogen and oxygen atoms in total. The number of nitrogens with zero attached hydrogens (tertiary/aromatic N) is 2. The molecule has 0 atom stereocenters. The Hall–Kier alpha value is -3.40. The average molecular weight is 396 g/mol. The summed E-state index contributed by atoms with van der Waals surface area (Å²) in [5, 5.41) is 0. The van der Waals surface area contributed by atoms with Gasteiger partial charge in [-0.25, -0.2) is 9.79 Å². The fraction of sp³-hybridized carbons (Fsp3) is 0.231. The minimum atomic E-state index is -0.330. The number of methoxy groups -OCH3 is 1. The highest BCUT2D eigenvalue weighted by molar-refractivity contribution is 6.19. The fourth-order valence-electron chi connectivity index (χ4n) is 4.63. The minimum Gasteiger partial charge on any atom is -0.465 e. The first-order valence-corrected chi connectivity index (χ1v) is 10.4. The molecule has 0 fully saturated rings. The lowest BCUT2D eigenvalue weighted by Gasteiger charge is -2.28. The van der Waals surface area contributed by atoms with E-state index in [1.54, 1.807) is 0 Å². The van der Waals surface area contributed by atoms with Crippen molar-refractivity contribution in [2.24, 2.45) is 4.99 Å². The summed E-state index contributed by atoms with van der Waals surface area (Å²) >= 11 is 0. The Labute approximate surface area is 176 Å². The predicted molar refractivity (Wildman–Crippen MR) is 121 cm³/mol. The molecule has 0 saturated heterocycles. The molecule has 0 amide bonds. The molecule has 3 aromatic carbocycles. The van der Waals surface area contributed by atoms with E-state index < -0.39 is 0 Å². The average Bonchev–Trinajstić information content (AvgIpc) is 2.93. The quantitative estimate of drug-likeness (QED) is 0.529. The summed E-state index contributed by atoms with van der Waals surface area (Å²) in [7, 11) is 3.54. The van der Waals surface area contributed by atoms with Crippen LogP contribution in [-0.2, 0) is 17.6 Å². The Balaban J connectivity index is 1.74. The molecule has 0 unspecified atom stereocenters. The molecule has 1 heterocycles. The molecule has 0 N–H and O–H groups in total. The van der Waals surface area contributed by atoms with Crippen LogP contribution in [0.3, 0.4) is 0 Å². The van der Waals surface area contributed by atoms with Crippen molar-refractivity contribution in [1.82, 2.24) is 0 Å². The standard InChI is InChI=1S/C26H24N2O2/c1-28-23-10-6-5-9-22(23)27-24(18-11-13-19(14-12-18)26(29)30-2)21-16-15-17-7-3-4-8-20(17)25(21)28/h5-6,9-16H,3-4,7-8H2,1-2H3. The van der Waals surface area contributed by atoms with Gasteiger partial charge in [0, 0.05) is 18.2 Å². The molecule has 4 heteroatoms. The number of benzene rings is 3. The van der Waals surface area contributed by atoms with Gasteiger partial charge in [0.05, 0.1) is 35.4 Å². The van der Waals surface area contributed by atoms with E-state index >= 15 is 0 Å². The summed E-state index contributed by atoms with van der Waals surface area (Å²) in [6.07, 6.45) is 4.71. The molecule has 0 aromatic heterocycles. The predicted octanol–water partition coefficient (Wildman–Crippen LogP) is 5.60. The lowest BCUT2D eigenvalue weighted by atomic mass is 9.86. The number of carbonyl (C=O) groups excluding carboxylic acids is 1. The van der Waals surface area contributed by atoms with E-state index in [0.717, 1.165) is 41.1 Å². The van der Waals surface area contributed by atoms with Gasteiger partial charge in [-0.1, -0.05) is 36.4 Å². The molecule has 1 aliphatic carbocycles. The van der Waals surface area contributed by atoms with Crippen LogP contribution in [0.4, 0.5) is 17.1 Å². The molecule has 5 rings (SSSR count). The number of rotatable bonds is 2. The Bertz CT molecular complexity index is 1160. The van der Waals surface area contributed by atoms with Gasteiger partial charge in [0.25, 0.3) is 0 Å². The van der Waals surface area contributed by atoms with Crippen molar-refractivity contribution in [2.75, 3.05) is 19.1 Å². The molecule has 2 aliphatic rings. The Morgan fingerprint density at radius 1 is 0.967 bits per heavy atom. The second-order valence-electron chi connectivity index (χ2n) is 7.88. The molecular weight excluding hydrogens is 372 g/mol. The maximum atomic E-state index is 11.9. The summed E-state index contributed by atoms with van der Waals surface area (Å²) in [5.41, 5.74) is 9.82. The van der Waals surface area contributed by atoms with Crippen molar-refractivity contribution >= 4 is 28.7 Å². The normalized spacial score (nSPS) is 14.7. The molecule has 150 valence electrons. The number of carbonyl (C=O) groups is 1. The molecule has 0 bridgehead atoms. The number of fused-ring (bicyclic) bond motifs is 4.